The molecule has 78 heavy (non-hydrogen) atoms. The zero-order valence-corrected chi connectivity index (χ0v) is 50.4. The first-order valence-corrected chi connectivity index (χ1v) is 31.8. The Bertz CT molecular complexity index is 1710. The molecule has 0 heterocycles. The lowest BCUT2D eigenvalue weighted by Gasteiger charge is -2.18. The Hall–Kier alpha value is -4.71. The maximum Gasteiger partial charge on any atom is 0.306 e. The molecule has 0 bridgehead atoms. The van der Waals surface area contributed by atoms with E-state index in [1.807, 2.05) is 0 Å². The molecule has 0 N–H and O–H groups in total. The summed E-state index contributed by atoms with van der Waals surface area (Å²) in [6.07, 6.45) is 92.8. The minimum Gasteiger partial charge on any atom is -0.462 e. The summed E-state index contributed by atoms with van der Waals surface area (Å²) < 4.78 is 16.9. The van der Waals surface area contributed by atoms with E-state index in [0.29, 0.717) is 19.3 Å². The highest BCUT2D eigenvalue weighted by Gasteiger charge is 2.19. The molecule has 0 rings (SSSR count). The van der Waals surface area contributed by atoms with Gasteiger partial charge in [0.1, 0.15) is 13.2 Å². The van der Waals surface area contributed by atoms with E-state index in [9.17, 15) is 14.4 Å². The van der Waals surface area contributed by atoms with Crippen LogP contribution < -0.4 is 0 Å². The number of carbonyl (C=O) groups excluding carboxylic acids is 3. The van der Waals surface area contributed by atoms with Crippen molar-refractivity contribution in [2.24, 2.45) is 0 Å². The lowest BCUT2D eigenvalue weighted by atomic mass is 10.1. The molecule has 1 atom stereocenters. The van der Waals surface area contributed by atoms with Gasteiger partial charge in [0.25, 0.3) is 0 Å². The van der Waals surface area contributed by atoms with Gasteiger partial charge in [-0.2, -0.15) is 0 Å². The van der Waals surface area contributed by atoms with Gasteiger partial charge in [0.15, 0.2) is 6.10 Å². The summed E-state index contributed by atoms with van der Waals surface area (Å²) >= 11 is 0. The molecule has 0 aromatic rings. The first-order chi connectivity index (χ1) is 38.5. The van der Waals surface area contributed by atoms with Crippen LogP contribution in [-0.4, -0.2) is 37.2 Å². The second-order valence-electron chi connectivity index (χ2n) is 20.5. The molecule has 0 aliphatic heterocycles. The summed E-state index contributed by atoms with van der Waals surface area (Å²) in [4.78, 5) is 38.3. The zero-order chi connectivity index (χ0) is 56.4. The predicted octanol–water partition coefficient (Wildman–Crippen LogP) is 21.9. The van der Waals surface area contributed by atoms with E-state index in [-0.39, 0.29) is 31.1 Å². The molecule has 440 valence electrons. The van der Waals surface area contributed by atoms with E-state index in [1.165, 1.54) is 57.8 Å². The summed E-state index contributed by atoms with van der Waals surface area (Å²) in [5.74, 6) is -0.953. The van der Waals surface area contributed by atoms with Gasteiger partial charge >= 0.3 is 17.9 Å². The first kappa shape index (κ1) is 73.3. The molecular weight excluding hydrogens is 961 g/mol. The van der Waals surface area contributed by atoms with Crippen LogP contribution in [0.5, 0.6) is 0 Å². The van der Waals surface area contributed by atoms with Crippen molar-refractivity contribution in [3.8, 4) is 0 Å². The number of hydrogen-bond acceptors (Lipinski definition) is 6. The van der Waals surface area contributed by atoms with Crippen molar-refractivity contribution in [2.75, 3.05) is 13.2 Å². The van der Waals surface area contributed by atoms with Crippen LogP contribution in [0.15, 0.2) is 146 Å². The molecule has 0 spiro atoms. The molecule has 0 aromatic heterocycles. The average Bonchev–Trinajstić information content (AvgIpc) is 3.44. The normalized spacial score (nSPS) is 13.1. The van der Waals surface area contributed by atoms with Crippen molar-refractivity contribution in [1.29, 1.82) is 0 Å². The fourth-order valence-electron chi connectivity index (χ4n) is 8.35. The number of ether oxygens (including phenoxy) is 3. The lowest BCUT2D eigenvalue weighted by Crippen LogP contribution is -2.30. The maximum atomic E-state index is 12.9. The van der Waals surface area contributed by atoms with Gasteiger partial charge in [0.05, 0.1) is 0 Å². The standard InChI is InChI=1S/C72H116O6/c1-4-7-10-13-16-19-22-25-28-30-31-32-33-34-35-36-37-38-39-40-41-42-45-47-50-53-56-59-62-65-71(74)77-68-69(67-76-70(73)64-61-58-55-52-49-46-43-27-24-21-18-15-12-9-6-3)78-72(75)66-63-60-57-54-51-48-44-29-26-23-20-17-14-11-8-5-2/h7,9-10,12,16,18-19,21,25,27-29,31-32,34-35,37-38,40-41,43-45,47,69H,4-6,8,11,13-15,17,20,22-24,26,30,33,36,39,42,46,48-68H2,1-3H3/b10-7-,12-9-,19-16-,21-18-,28-25-,32-31-,35-34-,38-37-,41-40-,43-27-,44-29-,47-45-. The smallest absolute Gasteiger partial charge is 0.306 e. The van der Waals surface area contributed by atoms with Gasteiger partial charge in [-0.05, 0) is 141 Å². The number of carbonyl (C=O) groups is 3. The second-order valence-corrected chi connectivity index (χ2v) is 20.5. The second kappa shape index (κ2) is 64.8. The van der Waals surface area contributed by atoms with Crippen LogP contribution in [0.4, 0.5) is 0 Å². The van der Waals surface area contributed by atoms with Gasteiger partial charge < -0.3 is 14.2 Å². The molecule has 0 radical (unpaired) electrons. The summed E-state index contributed by atoms with van der Waals surface area (Å²) in [7, 11) is 0. The van der Waals surface area contributed by atoms with Crippen LogP contribution >= 0.6 is 0 Å². The molecule has 0 aliphatic carbocycles. The van der Waals surface area contributed by atoms with Crippen LogP contribution in [0.25, 0.3) is 0 Å². The molecule has 0 saturated carbocycles. The molecular formula is C72H116O6. The zero-order valence-electron chi connectivity index (χ0n) is 50.4. The molecule has 0 saturated heterocycles. The van der Waals surface area contributed by atoms with Gasteiger partial charge in [-0.3, -0.25) is 14.4 Å². The summed E-state index contributed by atoms with van der Waals surface area (Å²) in [5, 5.41) is 0. The van der Waals surface area contributed by atoms with Crippen molar-refractivity contribution in [3.05, 3.63) is 146 Å². The van der Waals surface area contributed by atoms with Crippen molar-refractivity contribution >= 4 is 17.9 Å². The number of esters is 3. The Morgan fingerprint density at radius 3 is 0.795 bits per heavy atom. The Kier molecular flexibility index (Phi) is 60.9. The Labute approximate surface area is 480 Å². The quantitative estimate of drug-likeness (QED) is 0.0261. The van der Waals surface area contributed by atoms with E-state index in [0.717, 1.165) is 173 Å². The van der Waals surface area contributed by atoms with Crippen LogP contribution in [0.3, 0.4) is 0 Å². The van der Waals surface area contributed by atoms with E-state index in [1.54, 1.807) is 0 Å². The van der Waals surface area contributed by atoms with Crippen LogP contribution in [-0.2, 0) is 28.6 Å². The minimum absolute atomic E-state index is 0.103. The Morgan fingerprint density at radius 1 is 0.269 bits per heavy atom. The average molecular weight is 1080 g/mol. The Balaban J connectivity index is 4.43. The highest BCUT2D eigenvalue weighted by molar-refractivity contribution is 5.71. The van der Waals surface area contributed by atoms with E-state index in [2.05, 4.69) is 167 Å². The summed E-state index contributed by atoms with van der Waals surface area (Å²) in [5.41, 5.74) is 0. The number of rotatable bonds is 56. The highest BCUT2D eigenvalue weighted by Crippen LogP contribution is 2.14. The van der Waals surface area contributed by atoms with E-state index >= 15 is 0 Å². The minimum atomic E-state index is -0.807. The molecule has 0 aromatic carbocycles. The van der Waals surface area contributed by atoms with Crippen LogP contribution in [0, 0.1) is 0 Å². The SMILES string of the molecule is CC/C=C\C/C=C\C/C=C\C/C=C\C/C=C\C/C=C\C/C=C\C/C=C\CCCCCCC(=O)OCC(COC(=O)CCCCCCC/C=C\C/C=C\C/C=C\CC)OC(=O)CCCCCCC/C=C\CCCCCCCCC. The number of hydrogen-bond donors (Lipinski definition) is 0. The molecule has 0 fully saturated rings. The third kappa shape index (κ3) is 62.1. The van der Waals surface area contributed by atoms with Gasteiger partial charge in [-0.25, -0.2) is 0 Å². The fraction of sp³-hybridized carbons (Fsp3) is 0.625. The van der Waals surface area contributed by atoms with Crippen LogP contribution in [0.2, 0.25) is 0 Å². The van der Waals surface area contributed by atoms with Crippen molar-refractivity contribution in [3.63, 3.8) is 0 Å². The fourth-order valence-corrected chi connectivity index (χ4v) is 8.35. The summed E-state index contributed by atoms with van der Waals surface area (Å²) in [6, 6.07) is 0. The summed E-state index contributed by atoms with van der Waals surface area (Å²) in [6.45, 7) is 6.37. The van der Waals surface area contributed by atoms with Crippen LogP contribution in [0.1, 0.15) is 271 Å². The third-order valence-electron chi connectivity index (χ3n) is 13.1. The number of unbranched alkanes of at least 4 members (excludes halogenated alkanes) is 21. The largest absolute Gasteiger partial charge is 0.462 e. The lowest BCUT2D eigenvalue weighted by molar-refractivity contribution is -0.167. The van der Waals surface area contributed by atoms with E-state index in [4.69, 9.17) is 14.2 Å². The molecule has 6 heteroatoms. The first-order valence-electron chi connectivity index (χ1n) is 31.8. The maximum absolute atomic E-state index is 12.9. The monoisotopic (exact) mass is 1080 g/mol. The van der Waals surface area contributed by atoms with Gasteiger partial charge in [-0.1, -0.05) is 256 Å². The van der Waals surface area contributed by atoms with Crippen molar-refractivity contribution < 1.29 is 28.6 Å². The van der Waals surface area contributed by atoms with Gasteiger partial charge in [-0.15, -0.1) is 0 Å². The Morgan fingerprint density at radius 2 is 0.500 bits per heavy atom. The number of allylic oxidation sites excluding steroid dienone is 24. The van der Waals surface area contributed by atoms with Gasteiger partial charge in [0.2, 0.25) is 0 Å². The molecule has 1 unspecified atom stereocenters. The van der Waals surface area contributed by atoms with Crippen molar-refractivity contribution in [1.82, 2.24) is 0 Å². The molecule has 0 aliphatic rings. The van der Waals surface area contributed by atoms with Gasteiger partial charge in [0, 0.05) is 19.3 Å². The third-order valence-corrected chi connectivity index (χ3v) is 13.1. The van der Waals surface area contributed by atoms with E-state index < -0.39 is 6.10 Å². The molecule has 0 amide bonds. The highest BCUT2D eigenvalue weighted by atomic mass is 16.6. The van der Waals surface area contributed by atoms with Crippen molar-refractivity contribution in [2.45, 2.75) is 277 Å². The molecule has 6 nitrogen and oxygen atoms in total. The predicted molar refractivity (Wildman–Crippen MR) is 339 cm³/mol. The topological polar surface area (TPSA) is 78.9 Å².